The molecule has 2 rings (SSSR count). The van der Waals surface area contributed by atoms with Crippen molar-refractivity contribution in [2.75, 3.05) is 0 Å². The van der Waals surface area contributed by atoms with Crippen LogP contribution in [0.3, 0.4) is 0 Å². The summed E-state index contributed by atoms with van der Waals surface area (Å²) in [5.41, 5.74) is 0.0953. The SMILES string of the molecule is CC(NC(=O)c1cc([N+](=O)[O-])ccc1I)c1nn[nH]n1. The number of H-pyrrole nitrogens is 1. The van der Waals surface area contributed by atoms with Crippen LogP contribution in [0.1, 0.15) is 29.1 Å². The Morgan fingerprint density at radius 3 is 2.90 bits per heavy atom. The second-order valence-corrected chi connectivity index (χ2v) is 5.05. The molecule has 10 heteroatoms. The van der Waals surface area contributed by atoms with E-state index in [0.29, 0.717) is 9.39 Å². The van der Waals surface area contributed by atoms with Crippen LogP contribution in [-0.4, -0.2) is 31.5 Å². The number of rotatable bonds is 4. The van der Waals surface area contributed by atoms with Gasteiger partial charge in [-0.15, -0.1) is 10.2 Å². The fourth-order valence-electron chi connectivity index (χ4n) is 1.49. The molecule has 1 atom stereocenters. The van der Waals surface area contributed by atoms with Crippen molar-refractivity contribution in [2.45, 2.75) is 13.0 Å². The van der Waals surface area contributed by atoms with Crippen molar-refractivity contribution in [3.8, 4) is 0 Å². The molecule has 0 radical (unpaired) electrons. The smallest absolute Gasteiger partial charge is 0.270 e. The highest BCUT2D eigenvalue weighted by molar-refractivity contribution is 14.1. The number of nitrogens with zero attached hydrogens (tertiary/aromatic N) is 4. The Morgan fingerprint density at radius 2 is 2.30 bits per heavy atom. The second-order valence-electron chi connectivity index (χ2n) is 3.89. The molecule has 1 aromatic heterocycles. The molecule has 0 spiro atoms. The highest BCUT2D eigenvalue weighted by Crippen LogP contribution is 2.20. The van der Waals surface area contributed by atoms with Gasteiger partial charge in [-0.3, -0.25) is 14.9 Å². The minimum atomic E-state index is -0.546. The predicted octanol–water partition coefficient (Wildman–Crippen LogP) is 1.20. The third-order valence-electron chi connectivity index (χ3n) is 2.50. The maximum Gasteiger partial charge on any atom is 0.270 e. The predicted molar refractivity (Wildman–Crippen MR) is 75.9 cm³/mol. The van der Waals surface area contributed by atoms with Gasteiger partial charge in [0.2, 0.25) is 0 Å². The fourth-order valence-corrected chi connectivity index (χ4v) is 2.07. The number of nitrogens with one attached hydrogen (secondary N) is 2. The first-order valence-electron chi connectivity index (χ1n) is 5.47. The number of carbonyl (C=O) groups is 1. The van der Waals surface area contributed by atoms with E-state index in [-0.39, 0.29) is 11.3 Å². The highest BCUT2D eigenvalue weighted by Gasteiger charge is 2.19. The maximum absolute atomic E-state index is 12.1. The zero-order valence-corrected chi connectivity index (χ0v) is 12.4. The molecule has 0 aliphatic heterocycles. The molecule has 0 fully saturated rings. The van der Waals surface area contributed by atoms with Crippen LogP contribution < -0.4 is 5.32 Å². The second kappa shape index (κ2) is 5.90. The molecular formula is C10H9IN6O3. The molecule has 0 aliphatic rings. The van der Waals surface area contributed by atoms with Gasteiger partial charge >= 0.3 is 0 Å². The number of non-ortho nitro benzene ring substituents is 1. The lowest BCUT2D eigenvalue weighted by Gasteiger charge is -2.10. The van der Waals surface area contributed by atoms with Gasteiger partial charge < -0.3 is 5.32 Å². The van der Waals surface area contributed by atoms with Crippen LogP contribution in [0.5, 0.6) is 0 Å². The van der Waals surface area contributed by atoms with Crippen LogP contribution in [0, 0.1) is 13.7 Å². The molecule has 20 heavy (non-hydrogen) atoms. The number of tetrazole rings is 1. The Kier molecular flexibility index (Phi) is 4.22. The summed E-state index contributed by atoms with van der Waals surface area (Å²) in [6, 6.07) is 3.64. The number of benzene rings is 1. The third-order valence-corrected chi connectivity index (χ3v) is 3.44. The molecule has 0 saturated carbocycles. The normalized spacial score (nSPS) is 11.9. The van der Waals surface area contributed by atoms with E-state index in [0.717, 1.165) is 0 Å². The van der Waals surface area contributed by atoms with E-state index in [9.17, 15) is 14.9 Å². The van der Waals surface area contributed by atoms with Crippen LogP contribution in [0.2, 0.25) is 0 Å². The first-order chi connectivity index (χ1) is 9.49. The molecule has 1 amide bonds. The summed E-state index contributed by atoms with van der Waals surface area (Å²) in [7, 11) is 0. The molecule has 2 aromatic rings. The summed E-state index contributed by atoms with van der Waals surface area (Å²) < 4.78 is 0.617. The molecule has 2 N–H and O–H groups in total. The largest absolute Gasteiger partial charge is 0.342 e. The third kappa shape index (κ3) is 3.07. The monoisotopic (exact) mass is 388 g/mol. The number of amides is 1. The minimum Gasteiger partial charge on any atom is -0.342 e. The summed E-state index contributed by atoms with van der Waals surface area (Å²) in [6.45, 7) is 1.69. The quantitative estimate of drug-likeness (QED) is 0.461. The number of hydrogen-bond donors (Lipinski definition) is 2. The van der Waals surface area contributed by atoms with Crippen molar-refractivity contribution in [2.24, 2.45) is 0 Å². The first-order valence-corrected chi connectivity index (χ1v) is 6.55. The Labute approximate surface area is 126 Å². The number of carbonyl (C=O) groups excluding carboxylic acids is 1. The summed E-state index contributed by atoms with van der Waals surface area (Å²) in [5.74, 6) is -0.103. The van der Waals surface area contributed by atoms with E-state index in [1.165, 1.54) is 18.2 Å². The van der Waals surface area contributed by atoms with Crippen molar-refractivity contribution >= 4 is 34.2 Å². The first kappa shape index (κ1) is 14.3. The summed E-state index contributed by atoms with van der Waals surface area (Å²) >= 11 is 1.94. The van der Waals surface area contributed by atoms with Crippen molar-refractivity contribution in [1.29, 1.82) is 0 Å². The molecule has 0 aliphatic carbocycles. The standard InChI is InChI=1S/C10H9IN6O3/c1-5(9-13-15-16-14-9)12-10(18)7-4-6(17(19)20)2-3-8(7)11/h2-5H,1H3,(H,12,18)(H,13,14,15,16). The maximum atomic E-state index is 12.1. The summed E-state index contributed by atoms with van der Waals surface area (Å²) in [6.07, 6.45) is 0. The lowest BCUT2D eigenvalue weighted by atomic mass is 10.1. The van der Waals surface area contributed by atoms with Crippen molar-refractivity contribution in [1.82, 2.24) is 25.9 Å². The number of hydrogen-bond acceptors (Lipinski definition) is 6. The lowest BCUT2D eigenvalue weighted by Crippen LogP contribution is -2.28. The fraction of sp³-hybridized carbons (Fsp3) is 0.200. The van der Waals surface area contributed by atoms with Gasteiger partial charge in [0.25, 0.3) is 11.6 Å². The average Bonchev–Trinajstić information content (AvgIpc) is 2.92. The lowest BCUT2D eigenvalue weighted by molar-refractivity contribution is -0.384. The van der Waals surface area contributed by atoms with Crippen molar-refractivity contribution in [3.05, 3.63) is 43.3 Å². The molecule has 104 valence electrons. The van der Waals surface area contributed by atoms with Gasteiger partial charge in [0.15, 0.2) is 5.82 Å². The Morgan fingerprint density at radius 1 is 1.55 bits per heavy atom. The van der Waals surface area contributed by atoms with E-state index in [1.54, 1.807) is 6.92 Å². The van der Waals surface area contributed by atoms with Gasteiger partial charge in [-0.25, -0.2) is 0 Å². The average molecular weight is 388 g/mol. The molecule has 1 heterocycles. The van der Waals surface area contributed by atoms with Crippen LogP contribution in [-0.2, 0) is 0 Å². The number of halogens is 1. The van der Waals surface area contributed by atoms with Gasteiger partial charge in [-0.05, 0) is 35.6 Å². The van der Waals surface area contributed by atoms with Crippen LogP contribution in [0.25, 0.3) is 0 Å². The summed E-state index contributed by atoms with van der Waals surface area (Å²) in [5, 5.41) is 26.6. The van der Waals surface area contributed by atoms with Gasteiger partial charge in [-0.1, -0.05) is 5.21 Å². The highest BCUT2D eigenvalue weighted by atomic mass is 127. The van der Waals surface area contributed by atoms with Gasteiger partial charge in [0.1, 0.15) is 0 Å². The van der Waals surface area contributed by atoms with Crippen LogP contribution >= 0.6 is 22.6 Å². The number of nitro benzene ring substituents is 1. The molecule has 9 nitrogen and oxygen atoms in total. The molecule has 0 bridgehead atoms. The topological polar surface area (TPSA) is 127 Å². The van der Waals surface area contributed by atoms with Crippen molar-refractivity contribution < 1.29 is 9.72 Å². The minimum absolute atomic E-state index is 0.136. The number of aromatic nitrogens is 4. The van der Waals surface area contributed by atoms with Crippen LogP contribution in [0.15, 0.2) is 18.2 Å². The summed E-state index contributed by atoms with van der Waals surface area (Å²) in [4.78, 5) is 22.3. The Balaban J connectivity index is 2.20. The Bertz CT molecular complexity index is 644. The van der Waals surface area contributed by atoms with Gasteiger partial charge in [-0.2, -0.15) is 5.21 Å². The van der Waals surface area contributed by atoms with Gasteiger partial charge in [0, 0.05) is 15.7 Å². The Hall–Kier alpha value is -2.11. The zero-order valence-electron chi connectivity index (χ0n) is 10.2. The molecular weight excluding hydrogens is 379 g/mol. The van der Waals surface area contributed by atoms with E-state index in [4.69, 9.17) is 0 Å². The van der Waals surface area contributed by atoms with E-state index in [2.05, 4.69) is 25.9 Å². The number of aromatic amines is 1. The molecule has 1 unspecified atom stereocenters. The van der Waals surface area contributed by atoms with Crippen LogP contribution in [0.4, 0.5) is 5.69 Å². The van der Waals surface area contributed by atoms with Crippen molar-refractivity contribution in [3.63, 3.8) is 0 Å². The molecule has 0 saturated heterocycles. The van der Waals surface area contributed by atoms with E-state index >= 15 is 0 Å². The zero-order chi connectivity index (χ0) is 14.7. The van der Waals surface area contributed by atoms with E-state index < -0.39 is 16.9 Å². The van der Waals surface area contributed by atoms with E-state index in [1.807, 2.05) is 22.6 Å². The number of nitro groups is 1. The van der Waals surface area contributed by atoms with Gasteiger partial charge in [0.05, 0.1) is 16.5 Å². The molecule has 1 aromatic carbocycles.